The fourth-order valence-corrected chi connectivity index (χ4v) is 1.90. The third-order valence-corrected chi connectivity index (χ3v) is 3.33. The highest BCUT2D eigenvalue weighted by atomic mass is 35.5. The Morgan fingerprint density at radius 2 is 1.07 bits per heavy atom. The summed E-state index contributed by atoms with van der Waals surface area (Å²) in [4.78, 5) is 4.17. The number of nitrogens with zero attached hydrogens (tertiary/aromatic N) is 1. The average molecular weight is 244 g/mol. The summed E-state index contributed by atoms with van der Waals surface area (Å²) in [6.07, 6.45) is 0. The molecule has 1 rings (SSSR count). The number of aliphatic imine (C=N–C) groups is 1. The molecule has 0 heterocycles. The molecule has 0 aliphatic rings. The quantitative estimate of drug-likeness (QED) is 0.635. The maximum Gasteiger partial charge on any atom is 0.197 e. The van der Waals surface area contributed by atoms with Gasteiger partial charge >= 0.3 is 0 Å². The minimum atomic E-state index is 0.0591. The molecule has 0 aliphatic carbocycles. The van der Waals surface area contributed by atoms with Crippen molar-refractivity contribution < 1.29 is 0 Å². The molecule has 0 amide bonds. The molecule has 0 saturated heterocycles. The van der Waals surface area contributed by atoms with E-state index in [2.05, 4.69) is 25.8 Å². The van der Waals surface area contributed by atoms with Gasteiger partial charge in [0.1, 0.15) is 0 Å². The van der Waals surface area contributed by atoms with Crippen LogP contribution in [0.5, 0.6) is 0 Å². The third kappa shape index (κ3) is 2.35. The van der Waals surface area contributed by atoms with E-state index in [1.165, 1.54) is 16.7 Å². The molecule has 0 aliphatic heterocycles. The maximum atomic E-state index is 5.62. The Morgan fingerprint density at radius 3 is 1.40 bits per heavy atom. The molecule has 0 saturated carbocycles. The van der Waals surface area contributed by atoms with Crippen LogP contribution in [0.2, 0.25) is 0 Å². The van der Waals surface area contributed by atoms with E-state index in [1.807, 2.05) is 13.8 Å². The lowest BCUT2D eigenvalue weighted by molar-refractivity contribution is 1.16. The Hall–Kier alpha value is -0.530. The molecule has 0 N–H and O–H groups in total. The van der Waals surface area contributed by atoms with Gasteiger partial charge in [-0.25, -0.2) is 4.99 Å². The Labute approximate surface area is 101 Å². The lowest BCUT2D eigenvalue weighted by Gasteiger charge is -2.15. The molecule has 0 unspecified atom stereocenters. The first-order valence-electron chi connectivity index (χ1n) is 4.83. The molecule has 0 atom stereocenters. The largest absolute Gasteiger partial charge is 0.225 e. The zero-order valence-electron chi connectivity index (χ0n) is 9.70. The Morgan fingerprint density at radius 1 is 0.733 bits per heavy atom. The zero-order chi connectivity index (χ0) is 11.7. The first kappa shape index (κ1) is 12.5. The van der Waals surface area contributed by atoms with Crippen LogP contribution in [0.1, 0.15) is 27.8 Å². The van der Waals surface area contributed by atoms with Crippen molar-refractivity contribution in [2.75, 3.05) is 0 Å². The predicted octanol–water partition coefficient (Wildman–Crippen LogP) is 4.69. The zero-order valence-corrected chi connectivity index (χ0v) is 11.2. The summed E-state index contributed by atoms with van der Waals surface area (Å²) in [6, 6.07) is 0. The molecule has 15 heavy (non-hydrogen) atoms. The van der Waals surface area contributed by atoms with Crippen LogP contribution in [0.4, 0.5) is 5.69 Å². The normalized spacial score (nSPS) is 10.3. The van der Waals surface area contributed by atoms with Gasteiger partial charge in [0.2, 0.25) is 0 Å². The topological polar surface area (TPSA) is 12.4 Å². The SMILES string of the molecule is Cc1c(C)c(C)c(N=C(Cl)Cl)c(C)c1C. The van der Waals surface area contributed by atoms with E-state index in [0.717, 1.165) is 16.8 Å². The van der Waals surface area contributed by atoms with Crippen LogP contribution in [-0.4, -0.2) is 4.63 Å². The molecule has 0 spiro atoms. The van der Waals surface area contributed by atoms with Gasteiger partial charge in [-0.3, -0.25) is 0 Å². The molecule has 0 radical (unpaired) electrons. The van der Waals surface area contributed by atoms with Gasteiger partial charge < -0.3 is 0 Å². The molecule has 3 heteroatoms. The smallest absolute Gasteiger partial charge is 0.197 e. The van der Waals surface area contributed by atoms with Crippen molar-refractivity contribution in [3.8, 4) is 0 Å². The molecular weight excluding hydrogens is 229 g/mol. The summed E-state index contributed by atoms with van der Waals surface area (Å²) in [5.74, 6) is 0. The molecule has 0 fully saturated rings. The predicted molar refractivity (Wildman–Crippen MR) is 68.9 cm³/mol. The summed E-state index contributed by atoms with van der Waals surface area (Å²) in [6.45, 7) is 10.4. The summed E-state index contributed by atoms with van der Waals surface area (Å²) in [7, 11) is 0. The minimum Gasteiger partial charge on any atom is -0.225 e. The first-order chi connectivity index (χ1) is 6.86. The van der Waals surface area contributed by atoms with Crippen LogP contribution in [0.25, 0.3) is 0 Å². The number of benzene rings is 1. The highest BCUT2D eigenvalue weighted by molar-refractivity contribution is 6.95. The van der Waals surface area contributed by atoms with Gasteiger partial charge in [0, 0.05) is 0 Å². The monoisotopic (exact) mass is 243 g/mol. The minimum absolute atomic E-state index is 0.0591. The molecule has 82 valence electrons. The molecule has 1 aromatic rings. The van der Waals surface area contributed by atoms with Gasteiger partial charge in [-0.15, -0.1) is 0 Å². The third-order valence-electron chi connectivity index (χ3n) is 3.16. The number of rotatable bonds is 1. The van der Waals surface area contributed by atoms with E-state index in [9.17, 15) is 0 Å². The van der Waals surface area contributed by atoms with Crippen molar-refractivity contribution in [1.29, 1.82) is 0 Å². The highest BCUT2D eigenvalue weighted by Gasteiger charge is 2.11. The van der Waals surface area contributed by atoms with Crippen molar-refractivity contribution in [3.63, 3.8) is 0 Å². The van der Waals surface area contributed by atoms with E-state index in [-0.39, 0.29) is 4.63 Å². The summed E-state index contributed by atoms with van der Waals surface area (Å²) in [5.41, 5.74) is 7.02. The van der Waals surface area contributed by atoms with Crippen molar-refractivity contribution in [2.24, 2.45) is 4.99 Å². The van der Waals surface area contributed by atoms with Gasteiger partial charge in [-0.1, -0.05) is 0 Å². The molecule has 0 aromatic heterocycles. The second-order valence-corrected chi connectivity index (χ2v) is 4.74. The standard InChI is InChI=1S/C12H15Cl2N/c1-6-7(2)9(4)11(15-12(13)14)10(5)8(6)3/h1-5H3. The van der Waals surface area contributed by atoms with Gasteiger partial charge in [-0.05, 0) is 85.6 Å². The van der Waals surface area contributed by atoms with Crippen molar-refractivity contribution in [1.82, 2.24) is 0 Å². The van der Waals surface area contributed by atoms with Crippen LogP contribution >= 0.6 is 23.2 Å². The van der Waals surface area contributed by atoms with E-state index in [4.69, 9.17) is 23.2 Å². The Bertz CT molecular complexity index is 401. The maximum absolute atomic E-state index is 5.62. The van der Waals surface area contributed by atoms with Crippen LogP contribution in [0.15, 0.2) is 4.99 Å². The second kappa shape index (κ2) is 4.54. The second-order valence-electron chi connectivity index (χ2n) is 3.83. The van der Waals surface area contributed by atoms with Crippen LogP contribution in [0, 0.1) is 34.6 Å². The van der Waals surface area contributed by atoms with Crippen LogP contribution < -0.4 is 0 Å². The van der Waals surface area contributed by atoms with Crippen molar-refractivity contribution >= 4 is 33.5 Å². The van der Waals surface area contributed by atoms with Gasteiger partial charge in [0.25, 0.3) is 0 Å². The molecular formula is C12H15Cl2N. The van der Waals surface area contributed by atoms with Crippen LogP contribution in [0.3, 0.4) is 0 Å². The van der Waals surface area contributed by atoms with E-state index in [1.54, 1.807) is 0 Å². The number of halogens is 2. The fourth-order valence-electron chi connectivity index (χ4n) is 1.73. The van der Waals surface area contributed by atoms with Crippen LogP contribution in [-0.2, 0) is 0 Å². The summed E-state index contributed by atoms with van der Waals surface area (Å²) < 4.78 is 0.0591. The Kier molecular flexibility index (Phi) is 3.80. The molecule has 0 bridgehead atoms. The average Bonchev–Trinajstić information content (AvgIpc) is 2.18. The summed E-state index contributed by atoms with van der Waals surface area (Å²) in [5, 5.41) is 0. The molecule has 1 aromatic carbocycles. The highest BCUT2D eigenvalue weighted by Crippen LogP contribution is 2.32. The summed E-state index contributed by atoms with van der Waals surface area (Å²) >= 11 is 11.2. The fraction of sp³-hybridized carbons (Fsp3) is 0.417. The van der Waals surface area contributed by atoms with Gasteiger partial charge in [-0.2, -0.15) is 0 Å². The molecule has 1 nitrogen and oxygen atoms in total. The number of hydrogen-bond acceptors (Lipinski definition) is 1. The van der Waals surface area contributed by atoms with Crippen molar-refractivity contribution in [3.05, 3.63) is 27.8 Å². The number of hydrogen-bond donors (Lipinski definition) is 0. The van der Waals surface area contributed by atoms with Crippen molar-refractivity contribution in [2.45, 2.75) is 34.6 Å². The van der Waals surface area contributed by atoms with E-state index >= 15 is 0 Å². The van der Waals surface area contributed by atoms with Gasteiger partial charge in [0.05, 0.1) is 5.69 Å². The van der Waals surface area contributed by atoms with Gasteiger partial charge in [0.15, 0.2) is 4.63 Å². The van der Waals surface area contributed by atoms with E-state index < -0.39 is 0 Å². The van der Waals surface area contributed by atoms with E-state index in [0.29, 0.717) is 0 Å². The first-order valence-corrected chi connectivity index (χ1v) is 5.58. The lowest BCUT2D eigenvalue weighted by Crippen LogP contribution is -1.96. The lowest BCUT2D eigenvalue weighted by atomic mass is 9.93. The Balaban J connectivity index is 3.60.